The molecule has 0 atom stereocenters. The van der Waals surface area contributed by atoms with Gasteiger partial charge >= 0.3 is 0 Å². The zero-order valence-electron chi connectivity index (χ0n) is 14.4. The van der Waals surface area contributed by atoms with Crippen molar-refractivity contribution in [2.24, 2.45) is 0 Å². The van der Waals surface area contributed by atoms with E-state index in [9.17, 15) is 0 Å². The van der Waals surface area contributed by atoms with Gasteiger partial charge in [0.05, 0.1) is 5.56 Å². The van der Waals surface area contributed by atoms with Gasteiger partial charge in [-0.15, -0.1) is 11.3 Å². The molecule has 0 saturated carbocycles. The quantitative estimate of drug-likeness (QED) is 0.352. The Morgan fingerprint density at radius 2 is 1.33 bits per heavy atom. The predicted molar refractivity (Wildman–Crippen MR) is 113 cm³/mol. The standard InChI is InChI=1S/C24H14N2S/c25-13-16-10-20(15-26-14-16)19-7-9-24-22(12-19)21-11-18(6-8-23(21)27-24)17-4-2-1-3-5-17/h1-12,14-15H. The maximum atomic E-state index is 9.14. The average Bonchev–Trinajstić information content (AvgIpc) is 3.11. The number of rotatable bonds is 2. The van der Waals surface area contributed by atoms with Crippen LogP contribution in [0.15, 0.2) is 85.2 Å². The fourth-order valence-electron chi connectivity index (χ4n) is 3.43. The molecule has 0 bridgehead atoms. The lowest BCUT2D eigenvalue weighted by Crippen LogP contribution is -1.83. The molecule has 3 aromatic carbocycles. The monoisotopic (exact) mass is 362 g/mol. The summed E-state index contributed by atoms with van der Waals surface area (Å²) in [7, 11) is 0. The van der Waals surface area contributed by atoms with Gasteiger partial charge in [0, 0.05) is 38.1 Å². The summed E-state index contributed by atoms with van der Waals surface area (Å²) < 4.78 is 2.55. The summed E-state index contributed by atoms with van der Waals surface area (Å²) in [6.07, 6.45) is 3.40. The van der Waals surface area contributed by atoms with E-state index in [4.69, 9.17) is 5.26 Å². The third kappa shape index (κ3) is 2.77. The topological polar surface area (TPSA) is 36.7 Å². The molecule has 3 heteroatoms. The molecule has 2 nitrogen and oxygen atoms in total. The van der Waals surface area contributed by atoms with E-state index in [1.807, 2.05) is 29.7 Å². The first-order valence-electron chi connectivity index (χ1n) is 8.69. The fraction of sp³-hybridized carbons (Fsp3) is 0. The van der Waals surface area contributed by atoms with E-state index in [2.05, 4.69) is 71.7 Å². The van der Waals surface area contributed by atoms with Gasteiger partial charge in [0.25, 0.3) is 0 Å². The van der Waals surface area contributed by atoms with Gasteiger partial charge in [-0.05, 0) is 47.0 Å². The van der Waals surface area contributed by atoms with Crippen molar-refractivity contribution in [3.05, 3.63) is 90.8 Å². The average molecular weight is 362 g/mol. The molecule has 0 unspecified atom stereocenters. The van der Waals surface area contributed by atoms with Gasteiger partial charge in [0.2, 0.25) is 0 Å². The molecule has 5 aromatic rings. The second-order valence-electron chi connectivity index (χ2n) is 6.46. The van der Waals surface area contributed by atoms with Crippen LogP contribution in [0.2, 0.25) is 0 Å². The third-order valence-electron chi connectivity index (χ3n) is 4.78. The van der Waals surface area contributed by atoms with Crippen molar-refractivity contribution >= 4 is 31.5 Å². The van der Waals surface area contributed by atoms with Crippen LogP contribution in [0.4, 0.5) is 0 Å². The summed E-state index contributed by atoms with van der Waals surface area (Å²) >= 11 is 1.81. The highest BCUT2D eigenvalue weighted by Gasteiger charge is 2.09. The number of aromatic nitrogens is 1. The predicted octanol–water partition coefficient (Wildman–Crippen LogP) is 6.66. The highest BCUT2D eigenvalue weighted by atomic mass is 32.1. The van der Waals surface area contributed by atoms with Gasteiger partial charge in [0.1, 0.15) is 6.07 Å². The Morgan fingerprint density at radius 1 is 0.667 bits per heavy atom. The van der Waals surface area contributed by atoms with Gasteiger partial charge in [-0.3, -0.25) is 4.98 Å². The first-order valence-corrected chi connectivity index (χ1v) is 9.51. The first kappa shape index (κ1) is 15.7. The molecule has 0 aliphatic rings. The normalized spacial score (nSPS) is 10.9. The van der Waals surface area contributed by atoms with Crippen LogP contribution in [-0.4, -0.2) is 4.98 Å². The molecule has 2 heterocycles. The van der Waals surface area contributed by atoms with Crippen LogP contribution >= 0.6 is 11.3 Å². The zero-order chi connectivity index (χ0) is 18.2. The Morgan fingerprint density at radius 3 is 2.00 bits per heavy atom. The summed E-state index contributed by atoms with van der Waals surface area (Å²) in [6.45, 7) is 0. The van der Waals surface area contributed by atoms with E-state index >= 15 is 0 Å². The SMILES string of the molecule is N#Cc1cncc(-c2ccc3sc4ccc(-c5ccccc5)cc4c3c2)c1. The van der Waals surface area contributed by atoms with Crippen LogP contribution in [-0.2, 0) is 0 Å². The minimum absolute atomic E-state index is 0.578. The summed E-state index contributed by atoms with van der Waals surface area (Å²) in [5.74, 6) is 0. The molecule has 0 radical (unpaired) electrons. The molecular formula is C24H14N2S. The Bertz CT molecular complexity index is 1330. The molecule has 126 valence electrons. The highest BCUT2D eigenvalue weighted by molar-refractivity contribution is 7.25. The van der Waals surface area contributed by atoms with E-state index in [0.717, 1.165) is 11.1 Å². The molecule has 0 aliphatic carbocycles. The number of fused-ring (bicyclic) bond motifs is 3. The molecule has 0 amide bonds. The second kappa shape index (κ2) is 6.35. The Kier molecular flexibility index (Phi) is 3.71. The number of benzene rings is 3. The number of thiophene rings is 1. The van der Waals surface area contributed by atoms with Gasteiger partial charge in [-0.1, -0.05) is 42.5 Å². The first-order chi connectivity index (χ1) is 13.3. The van der Waals surface area contributed by atoms with E-state index in [0.29, 0.717) is 5.56 Å². The summed E-state index contributed by atoms with van der Waals surface area (Å²) in [5.41, 5.74) is 5.07. The number of nitriles is 1. The molecule has 0 aliphatic heterocycles. The van der Waals surface area contributed by atoms with Crippen LogP contribution in [0.5, 0.6) is 0 Å². The lowest BCUT2D eigenvalue weighted by molar-refractivity contribution is 1.30. The van der Waals surface area contributed by atoms with Gasteiger partial charge in [-0.2, -0.15) is 5.26 Å². The summed E-state index contributed by atoms with van der Waals surface area (Å²) in [4.78, 5) is 4.20. The number of hydrogen-bond acceptors (Lipinski definition) is 3. The Labute approximate surface area is 161 Å². The van der Waals surface area contributed by atoms with Crippen molar-refractivity contribution in [3.63, 3.8) is 0 Å². The van der Waals surface area contributed by atoms with Crippen molar-refractivity contribution < 1.29 is 0 Å². The number of pyridine rings is 1. The maximum Gasteiger partial charge on any atom is 0.101 e. The van der Waals surface area contributed by atoms with Crippen LogP contribution in [0.1, 0.15) is 5.56 Å². The Hall–Kier alpha value is -3.48. The van der Waals surface area contributed by atoms with Gasteiger partial charge in [-0.25, -0.2) is 0 Å². The largest absolute Gasteiger partial charge is 0.263 e. The molecular weight excluding hydrogens is 348 g/mol. The van der Waals surface area contributed by atoms with Crippen LogP contribution < -0.4 is 0 Å². The number of nitrogens with zero attached hydrogens (tertiary/aromatic N) is 2. The van der Waals surface area contributed by atoms with Crippen molar-refractivity contribution in [2.75, 3.05) is 0 Å². The van der Waals surface area contributed by atoms with Crippen molar-refractivity contribution in [2.45, 2.75) is 0 Å². The number of hydrogen-bond donors (Lipinski definition) is 0. The molecule has 0 N–H and O–H groups in total. The molecule has 27 heavy (non-hydrogen) atoms. The summed E-state index contributed by atoms with van der Waals surface area (Å²) in [6, 6.07) is 27.7. The Balaban J connectivity index is 1.71. The van der Waals surface area contributed by atoms with Crippen molar-refractivity contribution in [3.8, 4) is 28.3 Å². The minimum Gasteiger partial charge on any atom is -0.263 e. The van der Waals surface area contributed by atoms with E-state index in [1.54, 1.807) is 6.20 Å². The van der Waals surface area contributed by atoms with Crippen LogP contribution in [0, 0.1) is 11.3 Å². The highest BCUT2D eigenvalue weighted by Crippen LogP contribution is 2.38. The van der Waals surface area contributed by atoms with Gasteiger partial charge in [0.15, 0.2) is 0 Å². The molecule has 0 saturated heterocycles. The van der Waals surface area contributed by atoms with Crippen LogP contribution in [0.25, 0.3) is 42.4 Å². The molecule has 5 rings (SSSR count). The third-order valence-corrected chi connectivity index (χ3v) is 5.93. The fourth-order valence-corrected chi connectivity index (χ4v) is 4.49. The van der Waals surface area contributed by atoms with Gasteiger partial charge < -0.3 is 0 Å². The van der Waals surface area contributed by atoms with E-state index in [1.165, 1.54) is 31.3 Å². The lowest BCUT2D eigenvalue weighted by Gasteiger charge is -2.04. The summed E-state index contributed by atoms with van der Waals surface area (Å²) in [5, 5.41) is 11.6. The molecule has 2 aromatic heterocycles. The smallest absolute Gasteiger partial charge is 0.101 e. The van der Waals surface area contributed by atoms with E-state index in [-0.39, 0.29) is 0 Å². The zero-order valence-corrected chi connectivity index (χ0v) is 15.2. The maximum absolute atomic E-state index is 9.14. The second-order valence-corrected chi connectivity index (χ2v) is 7.55. The molecule has 0 fully saturated rings. The van der Waals surface area contributed by atoms with Crippen molar-refractivity contribution in [1.82, 2.24) is 4.98 Å². The molecule has 0 spiro atoms. The lowest BCUT2D eigenvalue weighted by atomic mass is 10.0. The van der Waals surface area contributed by atoms with Crippen LogP contribution in [0.3, 0.4) is 0 Å². The van der Waals surface area contributed by atoms with Crippen molar-refractivity contribution in [1.29, 1.82) is 5.26 Å². The van der Waals surface area contributed by atoms with E-state index < -0.39 is 0 Å². The minimum atomic E-state index is 0.578.